The van der Waals surface area contributed by atoms with Gasteiger partial charge in [-0.1, -0.05) is 6.92 Å². The first kappa shape index (κ1) is 21.3. The molecule has 0 spiro atoms. The van der Waals surface area contributed by atoms with Gasteiger partial charge in [-0.2, -0.15) is 0 Å². The zero-order chi connectivity index (χ0) is 19.9. The molecular formula is C18H32N6O2S. The van der Waals surface area contributed by atoms with Crippen LogP contribution in [0.2, 0.25) is 0 Å². The van der Waals surface area contributed by atoms with Crippen molar-refractivity contribution in [2.75, 3.05) is 50.7 Å². The molecule has 9 heteroatoms. The molecule has 2 rings (SSSR count). The van der Waals surface area contributed by atoms with Gasteiger partial charge in [-0.05, 0) is 27.2 Å². The predicted molar refractivity (Wildman–Crippen MR) is 110 cm³/mol. The maximum absolute atomic E-state index is 12.3. The highest BCUT2D eigenvalue weighted by Gasteiger charge is 2.22. The number of carbonyl (C=O) groups is 1. The first-order valence-electron chi connectivity index (χ1n) is 9.47. The number of amides is 1. The van der Waals surface area contributed by atoms with Gasteiger partial charge in [0, 0.05) is 50.8 Å². The Kier molecular flexibility index (Phi) is 7.70. The number of hydrogen-bond donors (Lipinski definition) is 1. The number of hydrogen-bond acceptors (Lipinski definition) is 6. The number of aliphatic imine (C=N–C) groups is 1. The number of aromatic nitrogens is 1. The Hall–Kier alpha value is -2.03. The van der Waals surface area contributed by atoms with E-state index in [9.17, 15) is 4.79 Å². The van der Waals surface area contributed by atoms with Gasteiger partial charge in [-0.25, -0.2) is 9.78 Å². The number of piperazine rings is 1. The molecule has 1 fully saturated rings. The Balaban J connectivity index is 1.80. The van der Waals surface area contributed by atoms with Crippen molar-refractivity contribution in [3.05, 3.63) is 11.6 Å². The number of thiazole rings is 1. The van der Waals surface area contributed by atoms with Crippen LogP contribution in [0, 0.1) is 0 Å². The van der Waals surface area contributed by atoms with Gasteiger partial charge in [0.1, 0.15) is 5.60 Å². The summed E-state index contributed by atoms with van der Waals surface area (Å²) in [5.41, 5.74) is 5.66. The molecular weight excluding hydrogens is 364 g/mol. The lowest BCUT2D eigenvalue weighted by Crippen LogP contribution is -2.51. The number of nitrogens with two attached hydrogens (primary N) is 1. The van der Waals surface area contributed by atoms with E-state index in [-0.39, 0.29) is 6.09 Å². The van der Waals surface area contributed by atoms with E-state index in [1.165, 1.54) is 0 Å². The third kappa shape index (κ3) is 6.89. The molecule has 1 aromatic rings. The number of nitrogens with zero attached hydrogens (tertiary/aromatic N) is 5. The first-order chi connectivity index (χ1) is 12.8. The fraction of sp³-hybridized carbons (Fsp3) is 0.722. The molecule has 0 saturated carbocycles. The lowest BCUT2D eigenvalue weighted by molar-refractivity contribution is 0.0256. The maximum atomic E-state index is 12.3. The van der Waals surface area contributed by atoms with E-state index in [0.717, 1.165) is 37.7 Å². The molecule has 0 aromatic carbocycles. The first-order valence-corrected chi connectivity index (χ1v) is 10.4. The topological polar surface area (TPSA) is 87.3 Å². The number of rotatable bonds is 6. The van der Waals surface area contributed by atoms with Gasteiger partial charge in [0.15, 0.2) is 11.1 Å². The van der Waals surface area contributed by atoms with E-state index < -0.39 is 5.60 Å². The Labute approximate surface area is 166 Å². The van der Waals surface area contributed by atoms with Gasteiger partial charge < -0.3 is 25.2 Å². The van der Waals surface area contributed by atoms with Crippen molar-refractivity contribution < 1.29 is 9.53 Å². The second-order valence-corrected chi connectivity index (χ2v) is 8.37. The average Bonchev–Trinajstić information content (AvgIpc) is 3.14. The molecule has 2 N–H and O–H groups in total. The number of ether oxygens (including phenoxy) is 1. The van der Waals surface area contributed by atoms with E-state index in [0.29, 0.717) is 25.6 Å². The van der Waals surface area contributed by atoms with Crippen molar-refractivity contribution in [1.82, 2.24) is 14.8 Å². The molecule has 152 valence electrons. The fourth-order valence-corrected chi connectivity index (χ4v) is 3.47. The molecule has 0 atom stereocenters. The van der Waals surface area contributed by atoms with Gasteiger partial charge in [-0.3, -0.25) is 4.99 Å². The van der Waals surface area contributed by atoms with E-state index in [1.54, 1.807) is 16.2 Å². The van der Waals surface area contributed by atoms with Crippen LogP contribution in [-0.2, 0) is 4.74 Å². The molecule has 1 amide bonds. The van der Waals surface area contributed by atoms with Crippen LogP contribution in [0.5, 0.6) is 0 Å². The van der Waals surface area contributed by atoms with Crippen molar-refractivity contribution in [3.63, 3.8) is 0 Å². The second kappa shape index (κ2) is 9.77. The maximum Gasteiger partial charge on any atom is 0.410 e. The van der Waals surface area contributed by atoms with Crippen LogP contribution in [0.4, 0.5) is 9.93 Å². The van der Waals surface area contributed by atoms with Crippen molar-refractivity contribution >= 4 is 28.5 Å². The number of anilines is 1. The van der Waals surface area contributed by atoms with Crippen LogP contribution in [-0.4, -0.2) is 78.3 Å². The summed E-state index contributed by atoms with van der Waals surface area (Å²) >= 11 is 1.65. The van der Waals surface area contributed by atoms with E-state index in [4.69, 9.17) is 10.5 Å². The highest BCUT2D eigenvalue weighted by Crippen LogP contribution is 2.18. The minimum absolute atomic E-state index is 0.296. The SMILES string of the molecule is CCCN(CCN=C(N)N1CCN(c2nccs2)CC1)C(=O)OC(C)(C)C. The Morgan fingerprint density at radius 3 is 2.59 bits per heavy atom. The largest absolute Gasteiger partial charge is 0.444 e. The molecule has 0 aliphatic carbocycles. The smallest absolute Gasteiger partial charge is 0.410 e. The Morgan fingerprint density at radius 2 is 2.04 bits per heavy atom. The summed E-state index contributed by atoms with van der Waals surface area (Å²) in [4.78, 5) is 27.2. The van der Waals surface area contributed by atoms with Crippen molar-refractivity contribution in [2.45, 2.75) is 39.7 Å². The fourth-order valence-electron chi connectivity index (χ4n) is 2.77. The van der Waals surface area contributed by atoms with Crippen LogP contribution in [0.3, 0.4) is 0 Å². The third-order valence-electron chi connectivity index (χ3n) is 4.08. The summed E-state index contributed by atoms with van der Waals surface area (Å²) in [7, 11) is 0. The second-order valence-electron chi connectivity index (χ2n) is 7.50. The van der Waals surface area contributed by atoms with Crippen molar-refractivity contribution in [3.8, 4) is 0 Å². The molecule has 2 heterocycles. The lowest BCUT2D eigenvalue weighted by atomic mass is 10.2. The van der Waals surface area contributed by atoms with Gasteiger partial charge in [-0.15, -0.1) is 11.3 Å². The number of guanidine groups is 1. The number of carbonyl (C=O) groups excluding carboxylic acids is 1. The van der Waals surface area contributed by atoms with Gasteiger partial charge >= 0.3 is 6.09 Å². The predicted octanol–water partition coefficient (Wildman–Crippen LogP) is 2.23. The van der Waals surface area contributed by atoms with Crippen LogP contribution >= 0.6 is 11.3 Å². The Morgan fingerprint density at radius 1 is 1.33 bits per heavy atom. The summed E-state index contributed by atoms with van der Waals surface area (Å²) in [5, 5.41) is 3.04. The summed E-state index contributed by atoms with van der Waals surface area (Å²) in [6.07, 6.45) is 2.40. The Bertz CT molecular complexity index is 606. The quantitative estimate of drug-likeness (QED) is 0.586. The molecule has 0 bridgehead atoms. The summed E-state index contributed by atoms with van der Waals surface area (Å²) in [5.74, 6) is 0.537. The van der Waals surface area contributed by atoms with Gasteiger partial charge in [0.2, 0.25) is 0 Å². The zero-order valence-corrected chi connectivity index (χ0v) is 17.7. The van der Waals surface area contributed by atoms with E-state index >= 15 is 0 Å². The molecule has 1 aliphatic heterocycles. The van der Waals surface area contributed by atoms with Crippen LogP contribution in [0.15, 0.2) is 16.6 Å². The molecule has 0 radical (unpaired) electrons. The third-order valence-corrected chi connectivity index (χ3v) is 4.91. The molecule has 27 heavy (non-hydrogen) atoms. The molecule has 0 unspecified atom stereocenters. The normalized spacial score (nSPS) is 15.8. The average molecular weight is 397 g/mol. The van der Waals surface area contributed by atoms with Crippen molar-refractivity contribution in [2.24, 2.45) is 10.7 Å². The zero-order valence-electron chi connectivity index (χ0n) is 16.8. The lowest BCUT2D eigenvalue weighted by Gasteiger charge is -2.35. The summed E-state index contributed by atoms with van der Waals surface area (Å²) in [6, 6.07) is 0. The standard InChI is InChI=1S/C18H32N6O2S/c1-5-8-24(17(25)26-18(2,3)4)9-6-20-15(19)22-10-12-23(13-11-22)16-21-7-14-27-16/h7,14H,5-6,8-13H2,1-4H3,(H2,19,20). The minimum atomic E-state index is -0.498. The molecule has 1 aromatic heterocycles. The van der Waals surface area contributed by atoms with Crippen molar-refractivity contribution in [1.29, 1.82) is 0 Å². The molecule has 1 aliphatic rings. The molecule has 8 nitrogen and oxygen atoms in total. The summed E-state index contributed by atoms with van der Waals surface area (Å²) < 4.78 is 5.46. The van der Waals surface area contributed by atoms with Gasteiger partial charge in [0.05, 0.1) is 6.54 Å². The molecule has 1 saturated heterocycles. The van der Waals surface area contributed by atoms with E-state index in [1.807, 2.05) is 39.3 Å². The van der Waals surface area contributed by atoms with E-state index in [2.05, 4.69) is 19.8 Å². The van der Waals surface area contributed by atoms with Gasteiger partial charge in [0.25, 0.3) is 0 Å². The van der Waals surface area contributed by atoms with Crippen LogP contribution < -0.4 is 10.6 Å². The highest BCUT2D eigenvalue weighted by molar-refractivity contribution is 7.13. The van der Waals surface area contributed by atoms with Crippen LogP contribution in [0.1, 0.15) is 34.1 Å². The monoisotopic (exact) mass is 396 g/mol. The summed E-state index contributed by atoms with van der Waals surface area (Å²) in [6.45, 7) is 12.7. The van der Waals surface area contributed by atoms with Crippen LogP contribution in [0.25, 0.3) is 0 Å². The minimum Gasteiger partial charge on any atom is -0.444 e. The highest BCUT2D eigenvalue weighted by atomic mass is 32.1.